The van der Waals surface area contributed by atoms with Crippen molar-refractivity contribution in [3.63, 3.8) is 0 Å². The Kier molecular flexibility index (Phi) is 3.82. The lowest BCUT2D eigenvalue weighted by Gasteiger charge is -2.08. The highest BCUT2D eigenvalue weighted by atomic mass is 35.5. The predicted molar refractivity (Wildman–Crippen MR) is 70.4 cm³/mol. The van der Waals surface area contributed by atoms with Crippen molar-refractivity contribution in [2.24, 2.45) is 0 Å². The van der Waals surface area contributed by atoms with Crippen molar-refractivity contribution in [3.05, 3.63) is 51.2 Å². The zero-order valence-corrected chi connectivity index (χ0v) is 10.8. The molecule has 0 saturated heterocycles. The van der Waals surface area contributed by atoms with Gasteiger partial charge in [0.2, 0.25) is 5.78 Å². The molecule has 0 aliphatic rings. The topological polar surface area (TPSA) is 26.3 Å². The molecule has 0 fully saturated rings. The van der Waals surface area contributed by atoms with E-state index in [-0.39, 0.29) is 5.78 Å². The zero-order valence-electron chi connectivity index (χ0n) is 9.27. The molecule has 1 heterocycles. The minimum Gasteiger partial charge on any atom is -0.493 e. The van der Waals surface area contributed by atoms with E-state index in [4.69, 9.17) is 16.3 Å². The summed E-state index contributed by atoms with van der Waals surface area (Å²) in [6, 6.07) is 8.74. The number of carbonyl (C=O) groups excluding carboxylic acids is 1. The lowest BCUT2D eigenvalue weighted by atomic mass is 10.1. The smallest absolute Gasteiger partial charge is 0.206 e. The lowest BCUT2D eigenvalue weighted by molar-refractivity contribution is 0.103. The highest BCUT2D eigenvalue weighted by Crippen LogP contribution is 2.26. The maximum Gasteiger partial charge on any atom is 0.206 e. The molecule has 2 rings (SSSR count). The predicted octanol–water partition coefficient (Wildman–Crippen LogP) is 4.03. The first-order valence-corrected chi connectivity index (χ1v) is 6.48. The number of ether oxygens (including phenoxy) is 1. The Balaban J connectivity index is 2.42. The van der Waals surface area contributed by atoms with Gasteiger partial charge in [-0.1, -0.05) is 17.7 Å². The molecule has 88 valence electrons. The molecule has 1 aromatic carbocycles. The number of rotatable bonds is 4. The molecule has 0 aliphatic carbocycles. The highest BCUT2D eigenvalue weighted by Gasteiger charge is 2.15. The summed E-state index contributed by atoms with van der Waals surface area (Å²) in [7, 11) is 0. The Morgan fingerprint density at radius 1 is 1.41 bits per heavy atom. The van der Waals surface area contributed by atoms with Gasteiger partial charge in [0, 0.05) is 5.02 Å². The largest absolute Gasteiger partial charge is 0.493 e. The summed E-state index contributed by atoms with van der Waals surface area (Å²) in [4.78, 5) is 12.9. The van der Waals surface area contributed by atoms with Crippen LogP contribution < -0.4 is 4.74 Å². The van der Waals surface area contributed by atoms with E-state index in [1.165, 1.54) is 11.3 Å². The van der Waals surface area contributed by atoms with Crippen molar-refractivity contribution in [3.8, 4) is 5.75 Å². The van der Waals surface area contributed by atoms with Gasteiger partial charge >= 0.3 is 0 Å². The van der Waals surface area contributed by atoms with Crippen LogP contribution >= 0.6 is 22.9 Å². The molecule has 0 spiro atoms. The molecule has 0 unspecified atom stereocenters. The first kappa shape index (κ1) is 12.1. The number of halogens is 1. The number of hydrogen-bond donors (Lipinski definition) is 0. The van der Waals surface area contributed by atoms with Crippen LogP contribution in [0.25, 0.3) is 0 Å². The molecule has 0 amide bonds. The third-order valence-corrected chi connectivity index (χ3v) is 3.33. The van der Waals surface area contributed by atoms with Crippen LogP contribution in [0.5, 0.6) is 5.75 Å². The normalized spacial score (nSPS) is 10.2. The molecule has 2 nitrogen and oxygen atoms in total. The fourth-order valence-corrected chi connectivity index (χ4v) is 2.35. The molecule has 0 radical (unpaired) electrons. The summed E-state index contributed by atoms with van der Waals surface area (Å²) in [6.07, 6.45) is 0. The molecule has 2 aromatic rings. The van der Waals surface area contributed by atoms with E-state index in [2.05, 4.69) is 0 Å². The van der Waals surface area contributed by atoms with Crippen molar-refractivity contribution < 1.29 is 9.53 Å². The van der Waals surface area contributed by atoms with E-state index < -0.39 is 0 Å². The van der Waals surface area contributed by atoms with Crippen molar-refractivity contribution in [1.29, 1.82) is 0 Å². The number of benzene rings is 1. The zero-order chi connectivity index (χ0) is 12.3. The van der Waals surface area contributed by atoms with Gasteiger partial charge in [-0.15, -0.1) is 11.3 Å². The van der Waals surface area contributed by atoms with Gasteiger partial charge in [-0.05, 0) is 36.6 Å². The van der Waals surface area contributed by atoms with E-state index >= 15 is 0 Å². The maximum absolute atomic E-state index is 12.2. The summed E-state index contributed by atoms with van der Waals surface area (Å²) in [6.45, 7) is 2.40. The fourth-order valence-electron chi connectivity index (χ4n) is 1.50. The highest BCUT2D eigenvalue weighted by molar-refractivity contribution is 7.12. The quantitative estimate of drug-likeness (QED) is 0.781. The Morgan fingerprint density at radius 2 is 2.24 bits per heavy atom. The van der Waals surface area contributed by atoms with Crippen LogP contribution in [-0.2, 0) is 0 Å². The van der Waals surface area contributed by atoms with Crippen molar-refractivity contribution in [2.45, 2.75) is 6.92 Å². The molecule has 1 aromatic heterocycles. The fraction of sp³-hybridized carbons (Fsp3) is 0.154. The first-order valence-electron chi connectivity index (χ1n) is 5.23. The Morgan fingerprint density at radius 3 is 2.88 bits per heavy atom. The van der Waals surface area contributed by atoms with Crippen LogP contribution in [0.3, 0.4) is 0 Å². The summed E-state index contributed by atoms with van der Waals surface area (Å²) in [5, 5.41) is 2.41. The van der Waals surface area contributed by atoms with Gasteiger partial charge in [0.1, 0.15) is 5.75 Å². The lowest BCUT2D eigenvalue weighted by Crippen LogP contribution is -2.03. The van der Waals surface area contributed by atoms with Gasteiger partial charge in [-0.3, -0.25) is 4.79 Å². The van der Waals surface area contributed by atoms with Crippen molar-refractivity contribution in [2.75, 3.05) is 6.61 Å². The van der Waals surface area contributed by atoms with Crippen LogP contribution in [0.1, 0.15) is 22.2 Å². The average molecular weight is 267 g/mol. The van der Waals surface area contributed by atoms with Crippen LogP contribution in [0.15, 0.2) is 35.7 Å². The van der Waals surface area contributed by atoms with E-state index in [0.29, 0.717) is 27.8 Å². The van der Waals surface area contributed by atoms with Crippen molar-refractivity contribution in [1.82, 2.24) is 0 Å². The van der Waals surface area contributed by atoms with E-state index in [1.54, 1.807) is 24.3 Å². The standard InChI is InChI=1S/C13H11ClO2S/c1-2-16-11-6-5-9(14)8-10(11)13(15)12-4-3-7-17-12/h3-8H,2H2,1H3. The van der Waals surface area contributed by atoms with Gasteiger partial charge in [-0.2, -0.15) is 0 Å². The first-order chi connectivity index (χ1) is 8.22. The number of thiophene rings is 1. The Bertz CT molecular complexity index is 520. The molecule has 0 N–H and O–H groups in total. The maximum atomic E-state index is 12.2. The van der Waals surface area contributed by atoms with Crippen molar-refractivity contribution >= 4 is 28.7 Å². The average Bonchev–Trinajstić information content (AvgIpc) is 2.84. The van der Waals surface area contributed by atoms with Crippen LogP contribution in [0, 0.1) is 0 Å². The molecule has 17 heavy (non-hydrogen) atoms. The van der Waals surface area contributed by atoms with Gasteiger partial charge < -0.3 is 4.74 Å². The molecule has 0 aliphatic heterocycles. The number of hydrogen-bond acceptors (Lipinski definition) is 3. The molecule has 4 heteroatoms. The third-order valence-electron chi connectivity index (χ3n) is 2.23. The summed E-state index contributed by atoms with van der Waals surface area (Å²) in [5.74, 6) is 0.529. The molecular formula is C13H11ClO2S. The van der Waals surface area contributed by atoms with Gasteiger partial charge in [0.15, 0.2) is 0 Å². The van der Waals surface area contributed by atoms with Crippen LogP contribution in [0.4, 0.5) is 0 Å². The van der Waals surface area contributed by atoms with Gasteiger partial charge in [0.05, 0.1) is 17.0 Å². The van der Waals surface area contributed by atoms with E-state index in [1.807, 2.05) is 18.4 Å². The SMILES string of the molecule is CCOc1ccc(Cl)cc1C(=O)c1cccs1. The third kappa shape index (κ3) is 2.68. The van der Waals surface area contributed by atoms with Crippen LogP contribution in [0.2, 0.25) is 5.02 Å². The monoisotopic (exact) mass is 266 g/mol. The second-order valence-corrected chi connectivity index (χ2v) is 4.76. The minimum absolute atomic E-state index is 0.0500. The molecule has 0 saturated carbocycles. The molecular weight excluding hydrogens is 256 g/mol. The van der Waals surface area contributed by atoms with E-state index in [0.717, 1.165) is 0 Å². The summed E-state index contributed by atoms with van der Waals surface area (Å²) < 4.78 is 5.44. The van der Waals surface area contributed by atoms with Crippen LogP contribution in [-0.4, -0.2) is 12.4 Å². The number of ketones is 1. The van der Waals surface area contributed by atoms with Gasteiger partial charge in [-0.25, -0.2) is 0 Å². The minimum atomic E-state index is -0.0500. The Labute approximate surface area is 109 Å². The second-order valence-electron chi connectivity index (χ2n) is 3.38. The Hall–Kier alpha value is -1.32. The van der Waals surface area contributed by atoms with Gasteiger partial charge in [0.25, 0.3) is 0 Å². The van der Waals surface area contributed by atoms with E-state index in [9.17, 15) is 4.79 Å². The molecule has 0 bridgehead atoms. The summed E-state index contributed by atoms with van der Waals surface area (Å²) >= 11 is 7.33. The number of carbonyl (C=O) groups is 1. The summed E-state index contributed by atoms with van der Waals surface area (Å²) in [5.41, 5.74) is 0.516. The second kappa shape index (κ2) is 5.34. The molecule has 0 atom stereocenters.